The van der Waals surface area contributed by atoms with Crippen LogP contribution < -0.4 is 5.32 Å². The molecular formula is C26H34N2O4. The third-order valence-corrected chi connectivity index (χ3v) is 5.36. The van der Waals surface area contributed by atoms with Gasteiger partial charge in [-0.3, -0.25) is 0 Å². The monoisotopic (exact) mass is 438 g/mol. The molecule has 2 aromatic rings. The Balaban J connectivity index is 1.54. The predicted molar refractivity (Wildman–Crippen MR) is 126 cm³/mol. The molecule has 2 amide bonds. The molecule has 1 aliphatic rings. The van der Waals surface area contributed by atoms with Gasteiger partial charge in [0.25, 0.3) is 0 Å². The summed E-state index contributed by atoms with van der Waals surface area (Å²) in [5, 5.41) is 2.73. The molecule has 0 bridgehead atoms. The minimum absolute atomic E-state index is 0.0451. The number of carbonyl (C=O) groups excluding carboxylic acids is 2. The zero-order chi connectivity index (χ0) is 23.1. The average molecular weight is 439 g/mol. The Hall–Kier alpha value is -3.02. The first-order valence-corrected chi connectivity index (χ1v) is 11.4. The van der Waals surface area contributed by atoms with Crippen LogP contribution in [0.3, 0.4) is 0 Å². The second kappa shape index (κ2) is 10.5. The summed E-state index contributed by atoms with van der Waals surface area (Å²) < 4.78 is 11.0. The molecule has 0 aromatic heterocycles. The van der Waals surface area contributed by atoms with Gasteiger partial charge >= 0.3 is 12.2 Å². The van der Waals surface area contributed by atoms with E-state index >= 15 is 0 Å². The van der Waals surface area contributed by atoms with Gasteiger partial charge in [0, 0.05) is 25.6 Å². The Morgan fingerprint density at radius 1 is 0.969 bits per heavy atom. The molecule has 0 radical (unpaired) electrons. The van der Waals surface area contributed by atoms with Crippen molar-refractivity contribution >= 4 is 12.2 Å². The van der Waals surface area contributed by atoms with Crippen LogP contribution in [0.5, 0.6) is 0 Å². The summed E-state index contributed by atoms with van der Waals surface area (Å²) in [6.45, 7) is 9.38. The van der Waals surface area contributed by atoms with Crippen molar-refractivity contribution in [2.24, 2.45) is 0 Å². The standard InChI is InChI=1S/C26H34N2O4/c1-5-16-28(17-10-15-27-24(29)32-26(2,3)4)25(30)31-18-23-21-13-8-6-11-19(21)20-12-7-9-14-22(20)23/h6-9,11-14,23H,5,10,15-18H2,1-4H3,(H,27,29). The molecule has 0 saturated carbocycles. The van der Waals surface area contributed by atoms with Crippen molar-refractivity contribution in [3.05, 3.63) is 59.7 Å². The van der Waals surface area contributed by atoms with Gasteiger partial charge in [-0.25, -0.2) is 9.59 Å². The van der Waals surface area contributed by atoms with Crippen molar-refractivity contribution in [1.82, 2.24) is 10.2 Å². The lowest BCUT2D eigenvalue weighted by Gasteiger charge is -2.23. The fourth-order valence-corrected chi connectivity index (χ4v) is 4.02. The Kier molecular flexibility index (Phi) is 7.78. The van der Waals surface area contributed by atoms with Crippen molar-refractivity contribution in [3.8, 4) is 11.1 Å². The number of nitrogens with zero attached hydrogens (tertiary/aromatic N) is 1. The molecule has 0 spiro atoms. The van der Waals surface area contributed by atoms with Crippen molar-refractivity contribution in [2.75, 3.05) is 26.2 Å². The quantitative estimate of drug-likeness (QED) is 0.548. The normalized spacial score (nSPS) is 12.6. The molecule has 1 N–H and O–H groups in total. The number of amides is 2. The number of carbonyl (C=O) groups is 2. The highest BCUT2D eigenvalue weighted by Gasteiger charge is 2.29. The lowest BCUT2D eigenvalue weighted by Crippen LogP contribution is -2.37. The number of benzene rings is 2. The number of rotatable bonds is 8. The second-order valence-electron chi connectivity index (χ2n) is 9.07. The highest BCUT2D eigenvalue weighted by atomic mass is 16.6. The summed E-state index contributed by atoms with van der Waals surface area (Å²) in [6.07, 6.45) is 0.708. The van der Waals surface area contributed by atoms with Crippen LogP contribution in [0.4, 0.5) is 9.59 Å². The molecule has 0 heterocycles. The first kappa shape index (κ1) is 23.6. The van der Waals surface area contributed by atoms with Gasteiger partial charge in [-0.1, -0.05) is 55.5 Å². The second-order valence-corrected chi connectivity index (χ2v) is 9.07. The van der Waals surface area contributed by atoms with Crippen molar-refractivity contribution in [1.29, 1.82) is 0 Å². The molecule has 0 aliphatic heterocycles. The molecule has 0 fully saturated rings. The van der Waals surface area contributed by atoms with Gasteiger partial charge in [-0.2, -0.15) is 0 Å². The largest absolute Gasteiger partial charge is 0.448 e. The molecule has 0 atom stereocenters. The van der Waals surface area contributed by atoms with Crippen LogP contribution in [0, 0.1) is 0 Å². The van der Waals surface area contributed by atoms with Crippen LogP contribution in [0.25, 0.3) is 11.1 Å². The maximum atomic E-state index is 12.8. The van der Waals surface area contributed by atoms with Gasteiger partial charge in [-0.15, -0.1) is 0 Å². The van der Waals surface area contributed by atoms with E-state index in [1.807, 2.05) is 52.0 Å². The molecule has 32 heavy (non-hydrogen) atoms. The minimum atomic E-state index is -0.528. The van der Waals surface area contributed by atoms with Crippen LogP contribution in [0.1, 0.15) is 57.6 Å². The first-order valence-electron chi connectivity index (χ1n) is 11.4. The van der Waals surface area contributed by atoms with E-state index < -0.39 is 11.7 Å². The zero-order valence-corrected chi connectivity index (χ0v) is 19.5. The maximum Gasteiger partial charge on any atom is 0.409 e. The van der Waals surface area contributed by atoms with Crippen molar-refractivity contribution in [2.45, 2.75) is 52.1 Å². The molecule has 2 aromatic carbocycles. The number of fused-ring (bicyclic) bond motifs is 3. The fraction of sp³-hybridized carbons (Fsp3) is 0.462. The Morgan fingerprint density at radius 3 is 2.12 bits per heavy atom. The SMILES string of the molecule is CCCN(CCCNC(=O)OC(C)(C)C)C(=O)OCC1c2ccccc2-c2ccccc21. The molecular weight excluding hydrogens is 404 g/mol. The summed E-state index contributed by atoms with van der Waals surface area (Å²) in [4.78, 5) is 26.3. The van der Waals surface area contributed by atoms with Crippen LogP contribution in [-0.4, -0.2) is 48.9 Å². The fourth-order valence-electron chi connectivity index (χ4n) is 4.02. The van der Waals surface area contributed by atoms with E-state index in [0.717, 1.165) is 6.42 Å². The molecule has 0 saturated heterocycles. The van der Waals surface area contributed by atoms with E-state index in [1.54, 1.807) is 4.90 Å². The van der Waals surface area contributed by atoms with Gasteiger partial charge in [0.15, 0.2) is 0 Å². The topological polar surface area (TPSA) is 67.9 Å². The smallest absolute Gasteiger partial charge is 0.409 e. The molecule has 0 unspecified atom stereocenters. The van der Waals surface area contributed by atoms with E-state index in [9.17, 15) is 9.59 Å². The Morgan fingerprint density at radius 2 is 1.56 bits per heavy atom. The predicted octanol–water partition coefficient (Wildman–Crippen LogP) is 5.56. The van der Waals surface area contributed by atoms with E-state index in [-0.39, 0.29) is 12.0 Å². The molecule has 172 valence electrons. The van der Waals surface area contributed by atoms with Gasteiger partial charge in [0.05, 0.1) is 0 Å². The minimum Gasteiger partial charge on any atom is -0.448 e. The van der Waals surface area contributed by atoms with Crippen LogP contribution in [-0.2, 0) is 9.47 Å². The highest BCUT2D eigenvalue weighted by molar-refractivity contribution is 5.79. The van der Waals surface area contributed by atoms with Gasteiger partial charge in [0.1, 0.15) is 12.2 Å². The number of ether oxygens (including phenoxy) is 2. The van der Waals surface area contributed by atoms with Crippen LogP contribution in [0.15, 0.2) is 48.5 Å². The summed E-state index contributed by atoms with van der Waals surface area (Å²) >= 11 is 0. The summed E-state index contributed by atoms with van der Waals surface area (Å²) in [7, 11) is 0. The average Bonchev–Trinajstić information content (AvgIpc) is 3.07. The molecule has 6 heteroatoms. The maximum absolute atomic E-state index is 12.8. The summed E-state index contributed by atoms with van der Waals surface area (Å²) in [5.74, 6) is 0.0451. The highest BCUT2D eigenvalue weighted by Crippen LogP contribution is 2.44. The van der Waals surface area contributed by atoms with E-state index in [1.165, 1.54) is 22.3 Å². The Bertz CT molecular complexity index is 890. The van der Waals surface area contributed by atoms with Gasteiger partial charge in [0.2, 0.25) is 0 Å². The van der Waals surface area contributed by atoms with Crippen molar-refractivity contribution < 1.29 is 19.1 Å². The van der Waals surface area contributed by atoms with Crippen LogP contribution in [0.2, 0.25) is 0 Å². The van der Waals surface area contributed by atoms with E-state index in [4.69, 9.17) is 9.47 Å². The van der Waals surface area contributed by atoms with E-state index in [2.05, 4.69) is 29.6 Å². The zero-order valence-electron chi connectivity index (χ0n) is 19.5. The Labute approximate surface area is 190 Å². The number of hydrogen-bond acceptors (Lipinski definition) is 4. The lowest BCUT2D eigenvalue weighted by atomic mass is 9.98. The summed E-state index contributed by atoms with van der Waals surface area (Å²) in [6, 6.07) is 16.6. The van der Waals surface area contributed by atoms with Crippen molar-refractivity contribution in [3.63, 3.8) is 0 Å². The van der Waals surface area contributed by atoms with Gasteiger partial charge in [-0.05, 0) is 55.9 Å². The molecule has 6 nitrogen and oxygen atoms in total. The summed E-state index contributed by atoms with van der Waals surface area (Å²) in [5.41, 5.74) is 4.29. The van der Waals surface area contributed by atoms with Crippen LogP contribution >= 0.6 is 0 Å². The van der Waals surface area contributed by atoms with E-state index in [0.29, 0.717) is 32.7 Å². The number of hydrogen-bond donors (Lipinski definition) is 1. The first-order chi connectivity index (χ1) is 15.3. The third-order valence-electron chi connectivity index (χ3n) is 5.36. The van der Waals surface area contributed by atoms with Gasteiger partial charge < -0.3 is 19.7 Å². The lowest BCUT2D eigenvalue weighted by molar-refractivity contribution is 0.0525. The molecule has 1 aliphatic carbocycles. The molecule has 3 rings (SSSR count). The third kappa shape index (κ3) is 6.02. The number of nitrogens with one attached hydrogen (secondary N) is 1. The number of alkyl carbamates (subject to hydrolysis) is 1.